The molecular formula is C22H22ClN3O3S. The Bertz CT molecular complexity index is 1010. The van der Waals surface area contributed by atoms with Crippen LogP contribution in [0.25, 0.3) is 0 Å². The van der Waals surface area contributed by atoms with Crippen molar-refractivity contribution in [3.63, 3.8) is 0 Å². The topological polar surface area (TPSA) is 71.0 Å². The van der Waals surface area contributed by atoms with Gasteiger partial charge in [0.1, 0.15) is 16.7 Å². The maximum atomic E-state index is 12.9. The van der Waals surface area contributed by atoms with Crippen molar-refractivity contribution in [2.75, 3.05) is 19.0 Å². The van der Waals surface area contributed by atoms with E-state index in [2.05, 4.69) is 16.9 Å². The predicted molar refractivity (Wildman–Crippen MR) is 123 cm³/mol. The van der Waals surface area contributed by atoms with Gasteiger partial charge in [-0.25, -0.2) is 4.99 Å². The molecule has 156 valence electrons. The summed E-state index contributed by atoms with van der Waals surface area (Å²) in [7, 11) is 1.54. The van der Waals surface area contributed by atoms with Crippen LogP contribution >= 0.6 is 23.4 Å². The number of aliphatic imine (C=N–C) groups is 1. The number of hydrogen-bond donors (Lipinski definition) is 1. The number of carbonyl (C=O) groups excluding carboxylic acids is 2. The fourth-order valence-corrected chi connectivity index (χ4v) is 4.28. The Labute approximate surface area is 185 Å². The van der Waals surface area contributed by atoms with Gasteiger partial charge in [0.25, 0.3) is 0 Å². The summed E-state index contributed by atoms with van der Waals surface area (Å²) >= 11 is 7.34. The number of carbonyl (C=O) groups is 2. The fraction of sp³-hybridized carbons (Fsp3) is 0.227. The Morgan fingerprint density at radius 3 is 2.83 bits per heavy atom. The van der Waals surface area contributed by atoms with E-state index in [4.69, 9.17) is 16.3 Å². The zero-order chi connectivity index (χ0) is 21.7. The fourth-order valence-electron chi connectivity index (χ4n) is 2.96. The minimum Gasteiger partial charge on any atom is -0.494 e. The van der Waals surface area contributed by atoms with Crippen molar-refractivity contribution in [1.82, 2.24) is 4.90 Å². The van der Waals surface area contributed by atoms with Crippen molar-refractivity contribution in [2.45, 2.75) is 18.6 Å². The van der Waals surface area contributed by atoms with Gasteiger partial charge in [-0.05, 0) is 36.8 Å². The van der Waals surface area contributed by atoms with Crippen LogP contribution in [0, 0.1) is 6.92 Å². The lowest BCUT2D eigenvalue weighted by molar-refractivity contribution is -0.127. The molecule has 1 aliphatic rings. The Morgan fingerprint density at radius 2 is 2.13 bits per heavy atom. The van der Waals surface area contributed by atoms with E-state index in [-0.39, 0.29) is 18.2 Å². The third-order valence-corrected chi connectivity index (χ3v) is 5.89. The monoisotopic (exact) mass is 443 g/mol. The number of methoxy groups -OCH3 is 1. The number of thioether (sulfide) groups is 1. The predicted octanol–water partition coefficient (Wildman–Crippen LogP) is 4.80. The first-order chi connectivity index (χ1) is 14.4. The highest BCUT2D eigenvalue weighted by Gasteiger charge is 2.38. The minimum absolute atomic E-state index is 0.0389. The highest BCUT2D eigenvalue weighted by molar-refractivity contribution is 8.15. The summed E-state index contributed by atoms with van der Waals surface area (Å²) in [4.78, 5) is 31.6. The maximum absolute atomic E-state index is 12.9. The second-order valence-electron chi connectivity index (χ2n) is 6.62. The first-order valence-electron chi connectivity index (χ1n) is 9.29. The Hall–Kier alpha value is -2.77. The first-order valence-corrected chi connectivity index (χ1v) is 10.6. The SMILES string of the molecule is C=CCN1C(=O)[C@@H](CC(=O)Nc2ccccc2C)SC1=Nc1cc(Cl)ccc1OC. The van der Waals surface area contributed by atoms with Gasteiger partial charge < -0.3 is 10.1 Å². The van der Waals surface area contributed by atoms with Crippen molar-refractivity contribution in [3.05, 3.63) is 65.7 Å². The number of aryl methyl sites for hydroxylation is 1. The second-order valence-corrected chi connectivity index (χ2v) is 8.23. The molecule has 0 aromatic heterocycles. The number of rotatable bonds is 7. The van der Waals surface area contributed by atoms with Crippen LogP contribution in [0.5, 0.6) is 5.75 Å². The van der Waals surface area contributed by atoms with Gasteiger partial charge in [0, 0.05) is 23.7 Å². The molecule has 0 aliphatic carbocycles. The molecule has 0 unspecified atom stereocenters. The van der Waals surface area contributed by atoms with E-state index in [1.807, 2.05) is 31.2 Å². The summed E-state index contributed by atoms with van der Waals surface area (Å²) in [5.41, 5.74) is 2.21. The number of halogens is 1. The lowest BCUT2D eigenvalue weighted by Gasteiger charge is -2.14. The van der Waals surface area contributed by atoms with Crippen molar-refractivity contribution >= 4 is 51.7 Å². The molecule has 1 fully saturated rings. The normalized spacial score (nSPS) is 17.3. The van der Waals surface area contributed by atoms with E-state index >= 15 is 0 Å². The average molecular weight is 444 g/mol. The molecule has 2 aromatic carbocycles. The van der Waals surface area contributed by atoms with Crippen LogP contribution in [0.1, 0.15) is 12.0 Å². The van der Waals surface area contributed by atoms with Crippen molar-refractivity contribution < 1.29 is 14.3 Å². The number of amidine groups is 1. The van der Waals surface area contributed by atoms with Gasteiger partial charge in [-0.15, -0.1) is 6.58 Å². The molecular weight excluding hydrogens is 422 g/mol. The number of benzene rings is 2. The molecule has 1 atom stereocenters. The Kier molecular flexibility index (Phi) is 7.18. The zero-order valence-electron chi connectivity index (χ0n) is 16.7. The van der Waals surface area contributed by atoms with Gasteiger partial charge >= 0.3 is 0 Å². The minimum atomic E-state index is -0.571. The molecule has 1 N–H and O–H groups in total. The van der Waals surface area contributed by atoms with E-state index in [1.165, 1.54) is 16.7 Å². The van der Waals surface area contributed by atoms with Gasteiger partial charge in [-0.1, -0.05) is 47.6 Å². The van der Waals surface area contributed by atoms with Crippen LogP contribution in [-0.4, -0.2) is 40.8 Å². The summed E-state index contributed by atoms with van der Waals surface area (Å²) in [6.45, 7) is 5.93. The van der Waals surface area contributed by atoms with Gasteiger partial charge in [0.15, 0.2) is 5.17 Å². The van der Waals surface area contributed by atoms with Crippen LogP contribution in [-0.2, 0) is 9.59 Å². The van der Waals surface area contributed by atoms with E-state index in [0.717, 1.165) is 11.3 Å². The number of ether oxygens (including phenoxy) is 1. The molecule has 1 heterocycles. The second kappa shape index (κ2) is 9.82. The van der Waals surface area contributed by atoms with Crippen LogP contribution in [0.2, 0.25) is 5.02 Å². The molecule has 2 aromatic rings. The Morgan fingerprint density at radius 1 is 1.37 bits per heavy atom. The summed E-state index contributed by atoms with van der Waals surface area (Å²) < 4.78 is 5.34. The smallest absolute Gasteiger partial charge is 0.242 e. The number of anilines is 1. The number of nitrogens with one attached hydrogen (secondary N) is 1. The number of hydrogen-bond acceptors (Lipinski definition) is 5. The lowest BCUT2D eigenvalue weighted by atomic mass is 10.2. The lowest BCUT2D eigenvalue weighted by Crippen LogP contribution is -2.33. The largest absolute Gasteiger partial charge is 0.494 e. The molecule has 6 nitrogen and oxygen atoms in total. The van der Waals surface area contributed by atoms with Crippen LogP contribution in [0.4, 0.5) is 11.4 Å². The summed E-state index contributed by atoms with van der Waals surface area (Å²) in [5, 5.41) is 3.29. The van der Waals surface area contributed by atoms with Crippen LogP contribution in [0.3, 0.4) is 0 Å². The average Bonchev–Trinajstić information content (AvgIpc) is 2.99. The number of amides is 2. The summed E-state index contributed by atoms with van der Waals surface area (Å²) in [6, 6.07) is 12.6. The van der Waals surface area contributed by atoms with Crippen molar-refractivity contribution in [2.24, 2.45) is 4.99 Å². The summed E-state index contributed by atoms with van der Waals surface area (Å²) in [5.74, 6) is 0.133. The van der Waals surface area contributed by atoms with Gasteiger partial charge in [-0.2, -0.15) is 0 Å². The molecule has 2 amide bonds. The molecule has 8 heteroatoms. The molecule has 1 saturated heterocycles. The van der Waals surface area contributed by atoms with E-state index < -0.39 is 5.25 Å². The number of para-hydroxylation sites is 1. The molecule has 0 radical (unpaired) electrons. The van der Waals surface area contributed by atoms with E-state index in [1.54, 1.807) is 31.4 Å². The molecule has 0 spiro atoms. The molecule has 30 heavy (non-hydrogen) atoms. The Balaban J connectivity index is 1.81. The van der Waals surface area contributed by atoms with Gasteiger partial charge in [0.2, 0.25) is 11.8 Å². The van der Waals surface area contributed by atoms with Crippen molar-refractivity contribution in [3.8, 4) is 5.75 Å². The molecule has 1 aliphatic heterocycles. The van der Waals surface area contributed by atoms with Crippen LogP contribution in [0.15, 0.2) is 60.1 Å². The third kappa shape index (κ3) is 5.04. The van der Waals surface area contributed by atoms with E-state index in [9.17, 15) is 9.59 Å². The quantitative estimate of drug-likeness (QED) is 0.624. The van der Waals surface area contributed by atoms with Crippen molar-refractivity contribution in [1.29, 1.82) is 0 Å². The third-order valence-electron chi connectivity index (χ3n) is 4.48. The highest BCUT2D eigenvalue weighted by atomic mass is 35.5. The van der Waals surface area contributed by atoms with E-state index in [0.29, 0.717) is 28.2 Å². The first kappa shape index (κ1) is 21.9. The van der Waals surface area contributed by atoms with Gasteiger partial charge in [-0.3, -0.25) is 14.5 Å². The summed E-state index contributed by atoms with van der Waals surface area (Å²) in [6.07, 6.45) is 1.66. The maximum Gasteiger partial charge on any atom is 0.242 e. The zero-order valence-corrected chi connectivity index (χ0v) is 18.3. The highest BCUT2D eigenvalue weighted by Crippen LogP contribution is 2.36. The molecule has 0 saturated carbocycles. The number of nitrogens with zero attached hydrogens (tertiary/aromatic N) is 2. The van der Waals surface area contributed by atoms with Gasteiger partial charge in [0.05, 0.1) is 7.11 Å². The molecule has 3 rings (SSSR count). The van der Waals surface area contributed by atoms with Crippen LogP contribution < -0.4 is 10.1 Å². The standard InChI is InChI=1S/C22H22ClN3O3S/c1-4-11-26-21(28)19(13-20(27)24-16-8-6-5-7-14(16)2)30-22(26)25-17-12-15(23)9-10-18(17)29-3/h4-10,12,19H,1,11,13H2,2-3H3,(H,24,27)/t19-/m1/s1. The molecule has 0 bridgehead atoms.